The minimum Gasteiger partial charge on any atom is -0.486 e. The standard InChI is InChI=1S/C18H22N2O4/c1-11-8-13(9-15(19)18(21)22-3)12(2)20(11)14-4-5-16-17(10-14)24-7-6-23-16/h4-5,8,10,15H,6-7,9,19H2,1-3H3. The monoisotopic (exact) mass is 330 g/mol. The molecule has 0 fully saturated rings. The number of aromatic nitrogens is 1. The number of fused-ring (bicyclic) bond motifs is 1. The summed E-state index contributed by atoms with van der Waals surface area (Å²) in [7, 11) is 1.35. The number of rotatable bonds is 4. The number of esters is 1. The molecule has 2 heterocycles. The van der Waals surface area contributed by atoms with Gasteiger partial charge in [0, 0.05) is 29.6 Å². The molecule has 0 spiro atoms. The first kappa shape index (κ1) is 16.4. The fourth-order valence-electron chi connectivity index (χ4n) is 3.08. The average molecular weight is 330 g/mol. The van der Waals surface area contributed by atoms with E-state index in [1.54, 1.807) is 0 Å². The minimum atomic E-state index is -0.663. The van der Waals surface area contributed by atoms with Crippen molar-refractivity contribution in [3.05, 3.63) is 41.2 Å². The van der Waals surface area contributed by atoms with E-state index in [-0.39, 0.29) is 0 Å². The molecule has 0 amide bonds. The summed E-state index contributed by atoms with van der Waals surface area (Å²) in [6.45, 7) is 5.17. The Morgan fingerprint density at radius 3 is 2.67 bits per heavy atom. The Morgan fingerprint density at radius 2 is 1.96 bits per heavy atom. The van der Waals surface area contributed by atoms with Gasteiger partial charge in [0.1, 0.15) is 19.3 Å². The Kier molecular flexibility index (Phi) is 4.49. The molecule has 1 aliphatic heterocycles. The normalized spacial score (nSPS) is 14.3. The third kappa shape index (κ3) is 2.97. The first-order chi connectivity index (χ1) is 11.5. The lowest BCUT2D eigenvalue weighted by molar-refractivity contribution is -0.142. The maximum atomic E-state index is 11.6. The number of nitrogens with zero attached hydrogens (tertiary/aromatic N) is 1. The maximum absolute atomic E-state index is 11.6. The van der Waals surface area contributed by atoms with E-state index < -0.39 is 12.0 Å². The summed E-state index contributed by atoms with van der Waals surface area (Å²) in [4.78, 5) is 11.6. The van der Waals surface area contributed by atoms with Gasteiger partial charge in [-0.25, -0.2) is 0 Å². The quantitative estimate of drug-likeness (QED) is 0.867. The van der Waals surface area contributed by atoms with Gasteiger partial charge in [-0.15, -0.1) is 0 Å². The Balaban J connectivity index is 1.93. The second kappa shape index (κ2) is 6.57. The lowest BCUT2D eigenvalue weighted by Gasteiger charge is -2.20. The summed E-state index contributed by atoms with van der Waals surface area (Å²) in [5.41, 5.74) is 10.0. The third-order valence-corrected chi connectivity index (χ3v) is 4.26. The summed E-state index contributed by atoms with van der Waals surface area (Å²) in [6.07, 6.45) is 0.441. The molecule has 0 radical (unpaired) electrons. The van der Waals surface area contributed by atoms with E-state index in [9.17, 15) is 4.79 Å². The number of ether oxygens (including phenoxy) is 3. The van der Waals surface area contributed by atoms with Crippen LogP contribution in [0.2, 0.25) is 0 Å². The van der Waals surface area contributed by atoms with Gasteiger partial charge in [-0.2, -0.15) is 0 Å². The average Bonchev–Trinajstić information content (AvgIpc) is 2.87. The van der Waals surface area contributed by atoms with Crippen LogP contribution in [0.5, 0.6) is 11.5 Å². The predicted octanol–water partition coefficient (Wildman–Crippen LogP) is 1.91. The largest absolute Gasteiger partial charge is 0.486 e. The van der Waals surface area contributed by atoms with Crippen LogP contribution in [0.3, 0.4) is 0 Å². The van der Waals surface area contributed by atoms with Crippen LogP contribution in [-0.4, -0.2) is 36.9 Å². The molecule has 0 saturated heterocycles. The summed E-state index contributed by atoms with van der Waals surface area (Å²) in [5.74, 6) is 1.11. The van der Waals surface area contributed by atoms with Crippen molar-refractivity contribution in [1.29, 1.82) is 0 Å². The SMILES string of the molecule is COC(=O)C(N)Cc1cc(C)n(-c2ccc3c(c2)OCCO3)c1C. The smallest absolute Gasteiger partial charge is 0.322 e. The maximum Gasteiger partial charge on any atom is 0.322 e. The van der Waals surface area contributed by atoms with Gasteiger partial charge in [0.2, 0.25) is 0 Å². The molecule has 0 bridgehead atoms. The Hall–Kier alpha value is -2.47. The van der Waals surface area contributed by atoms with Gasteiger partial charge < -0.3 is 24.5 Å². The van der Waals surface area contributed by atoms with Crippen LogP contribution in [0.15, 0.2) is 24.3 Å². The van der Waals surface area contributed by atoms with Gasteiger partial charge in [0.15, 0.2) is 11.5 Å². The Bertz CT molecular complexity index is 767. The second-order valence-electron chi connectivity index (χ2n) is 5.89. The lowest BCUT2D eigenvalue weighted by atomic mass is 10.1. The van der Waals surface area contributed by atoms with Crippen molar-refractivity contribution < 1.29 is 19.0 Å². The summed E-state index contributed by atoms with van der Waals surface area (Å²) >= 11 is 0. The molecule has 0 saturated carbocycles. The minimum absolute atomic E-state index is 0.404. The van der Waals surface area contributed by atoms with Gasteiger partial charge >= 0.3 is 5.97 Å². The Morgan fingerprint density at radius 1 is 1.25 bits per heavy atom. The van der Waals surface area contributed by atoms with E-state index in [1.165, 1.54) is 7.11 Å². The highest BCUT2D eigenvalue weighted by Gasteiger charge is 2.20. The van der Waals surface area contributed by atoms with E-state index >= 15 is 0 Å². The lowest BCUT2D eigenvalue weighted by Crippen LogP contribution is -2.33. The zero-order chi connectivity index (χ0) is 17.3. The fraction of sp³-hybridized carbons (Fsp3) is 0.389. The van der Waals surface area contributed by atoms with E-state index in [1.807, 2.05) is 32.0 Å². The van der Waals surface area contributed by atoms with Crippen molar-refractivity contribution in [2.45, 2.75) is 26.3 Å². The van der Waals surface area contributed by atoms with Crippen LogP contribution < -0.4 is 15.2 Å². The summed E-state index contributed by atoms with van der Waals surface area (Å²) < 4.78 is 18.1. The molecule has 3 rings (SSSR count). The topological polar surface area (TPSA) is 75.7 Å². The van der Waals surface area contributed by atoms with Gasteiger partial charge in [-0.1, -0.05) is 0 Å². The Labute approximate surface area is 141 Å². The van der Waals surface area contributed by atoms with E-state index in [0.29, 0.717) is 19.6 Å². The van der Waals surface area contributed by atoms with Crippen molar-refractivity contribution in [2.24, 2.45) is 5.73 Å². The van der Waals surface area contributed by atoms with Crippen molar-refractivity contribution in [3.63, 3.8) is 0 Å². The molecule has 6 heteroatoms. The third-order valence-electron chi connectivity index (χ3n) is 4.26. The number of carbonyl (C=O) groups is 1. The summed E-state index contributed by atoms with van der Waals surface area (Å²) in [5, 5.41) is 0. The molecule has 1 aliphatic rings. The van der Waals surface area contributed by atoms with Crippen LogP contribution in [0.1, 0.15) is 17.0 Å². The predicted molar refractivity (Wildman–Crippen MR) is 89.9 cm³/mol. The molecular formula is C18H22N2O4. The van der Waals surface area contributed by atoms with Crippen LogP contribution in [0, 0.1) is 13.8 Å². The molecule has 2 aromatic rings. The molecule has 1 aromatic heterocycles. The molecule has 1 atom stereocenters. The number of benzene rings is 1. The number of carbonyl (C=O) groups excluding carboxylic acids is 1. The number of aryl methyl sites for hydroxylation is 1. The molecule has 128 valence electrons. The highest BCUT2D eigenvalue weighted by molar-refractivity contribution is 5.75. The van der Waals surface area contributed by atoms with Crippen molar-refractivity contribution in [2.75, 3.05) is 20.3 Å². The van der Waals surface area contributed by atoms with Crippen molar-refractivity contribution >= 4 is 5.97 Å². The van der Waals surface area contributed by atoms with E-state index in [2.05, 4.69) is 10.6 Å². The van der Waals surface area contributed by atoms with Gasteiger partial charge in [-0.3, -0.25) is 4.79 Å². The molecular weight excluding hydrogens is 308 g/mol. The van der Waals surface area contributed by atoms with Crippen LogP contribution >= 0.6 is 0 Å². The molecule has 0 aliphatic carbocycles. The van der Waals surface area contributed by atoms with Crippen molar-refractivity contribution in [1.82, 2.24) is 4.57 Å². The van der Waals surface area contributed by atoms with Gasteiger partial charge in [-0.05, 0) is 37.6 Å². The highest BCUT2D eigenvalue weighted by Crippen LogP contribution is 2.33. The van der Waals surface area contributed by atoms with Gasteiger partial charge in [0.05, 0.1) is 7.11 Å². The molecule has 1 aromatic carbocycles. The van der Waals surface area contributed by atoms with Crippen LogP contribution in [0.4, 0.5) is 0 Å². The molecule has 1 unspecified atom stereocenters. The summed E-state index contributed by atoms with van der Waals surface area (Å²) in [6, 6.07) is 7.28. The zero-order valence-electron chi connectivity index (χ0n) is 14.2. The zero-order valence-corrected chi connectivity index (χ0v) is 14.2. The molecule has 24 heavy (non-hydrogen) atoms. The van der Waals surface area contributed by atoms with Crippen LogP contribution in [-0.2, 0) is 16.0 Å². The van der Waals surface area contributed by atoms with Gasteiger partial charge in [0.25, 0.3) is 0 Å². The number of hydrogen-bond acceptors (Lipinski definition) is 5. The number of hydrogen-bond donors (Lipinski definition) is 1. The first-order valence-corrected chi connectivity index (χ1v) is 7.92. The number of nitrogens with two attached hydrogens (primary N) is 1. The second-order valence-corrected chi connectivity index (χ2v) is 5.89. The molecule has 6 nitrogen and oxygen atoms in total. The first-order valence-electron chi connectivity index (χ1n) is 7.92. The highest BCUT2D eigenvalue weighted by atomic mass is 16.6. The fourth-order valence-corrected chi connectivity index (χ4v) is 3.08. The molecule has 2 N–H and O–H groups in total. The van der Waals surface area contributed by atoms with Crippen molar-refractivity contribution in [3.8, 4) is 17.2 Å². The van der Waals surface area contributed by atoms with E-state index in [4.69, 9.17) is 19.9 Å². The van der Waals surface area contributed by atoms with E-state index in [0.717, 1.165) is 34.1 Å². The van der Waals surface area contributed by atoms with Crippen LogP contribution in [0.25, 0.3) is 5.69 Å². The number of methoxy groups -OCH3 is 1.